The van der Waals surface area contributed by atoms with Crippen molar-refractivity contribution in [2.24, 2.45) is 0 Å². The fourth-order valence-corrected chi connectivity index (χ4v) is 6.52. The number of carbonyl (C=O) groups excluding carboxylic acids is 1. The lowest BCUT2D eigenvalue weighted by atomic mass is 10.1. The van der Waals surface area contributed by atoms with Crippen molar-refractivity contribution in [1.82, 2.24) is 14.7 Å². The molecule has 0 aliphatic carbocycles. The van der Waals surface area contributed by atoms with Crippen LogP contribution in [0.25, 0.3) is 10.6 Å². The largest absolute Gasteiger partial charge is 0.408 e. The zero-order valence-corrected chi connectivity index (χ0v) is 22.0. The van der Waals surface area contributed by atoms with Gasteiger partial charge in [-0.05, 0) is 37.1 Å². The normalized spacial score (nSPS) is 12.9. The van der Waals surface area contributed by atoms with E-state index in [1.54, 1.807) is 10.1 Å². The highest BCUT2D eigenvalue weighted by Crippen LogP contribution is 2.34. The minimum atomic E-state index is -4.85. The molecule has 2 N–H and O–H groups in total. The van der Waals surface area contributed by atoms with Crippen LogP contribution in [0.1, 0.15) is 27.9 Å². The van der Waals surface area contributed by atoms with Gasteiger partial charge in [-0.3, -0.25) is 4.79 Å². The number of benzene rings is 2. The minimum absolute atomic E-state index is 0.196. The Hall–Kier alpha value is -3.13. The number of nitrogens with zero attached hydrogens (tertiary/aromatic N) is 2. The average molecular weight is 567 g/mol. The molecule has 194 valence electrons. The number of carbonyl (C=O) groups is 1. The van der Waals surface area contributed by atoms with Gasteiger partial charge in [0, 0.05) is 5.38 Å². The standard InChI is InChI=1S/C24H21F3N4O3S3/c1-14-21(36-15(2)28-14)19-13-35-23(29-19)30-20(32)12-16-7-6-10-18(11-16)37(33,34)31-22(24(25,26)27)17-8-4-3-5-9-17/h3-11,13,22,31H,12H2,1-2H3,(H,29,30,32)/t22-/m1/s1. The molecule has 0 fully saturated rings. The van der Waals surface area contributed by atoms with E-state index in [0.29, 0.717) is 16.4 Å². The number of alkyl halides is 3. The molecule has 4 rings (SSSR count). The van der Waals surface area contributed by atoms with Crippen molar-refractivity contribution < 1.29 is 26.4 Å². The van der Waals surface area contributed by atoms with E-state index >= 15 is 0 Å². The quantitative estimate of drug-likeness (QED) is 0.287. The topological polar surface area (TPSA) is 101 Å². The lowest BCUT2D eigenvalue weighted by Gasteiger charge is -2.22. The Kier molecular flexibility index (Phi) is 7.78. The van der Waals surface area contributed by atoms with Gasteiger partial charge in [0.15, 0.2) is 5.13 Å². The highest BCUT2D eigenvalue weighted by atomic mass is 32.2. The second-order valence-electron chi connectivity index (χ2n) is 8.06. The van der Waals surface area contributed by atoms with Crippen LogP contribution in [0.5, 0.6) is 0 Å². The third-order valence-corrected chi connectivity index (χ3v) is 8.47. The first kappa shape index (κ1) is 26.9. The molecule has 0 bridgehead atoms. The SMILES string of the molecule is Cc1nc(C)c(-c2csc(NC(=O)Cc3cccc(S(=O)(=O)N[C@H](c4ccccc4)C(F)(F)F)c3)n2)s1. The van der Waals surface area contributed by atoms with Crippen LogP contribution in [0.15, 0.2) is 64.9 Å². The number of hydrogen-bond acceptors (Lipinski definition) is 7. The number of aryl methyl sites for hydroxylation is 2. The van der Waals surface area contributed by atoms with Crippen LogP contribution in [-0.4, -0.2) is 30.5 Å². The van der Waals surface area contributed by atoms with Crippen LogP contribution in [-0.2, 0) is 21.2 Å². The van der Waals surface area contributed by atoms with Crippen LogP contribution in [0, 0.1) is 13.8 Å². The molecule has 0 unspecified atom stereocenters. The van der Waals surface area contributed by atoms with Gasteiger partial charge in [-0.2, -0.15) is 17.9 Å². The van der Waals surface area contributed by atoms with Crippen molar-refractivity contribution in [2.45, 2.75) is 37.4 Å². The van der Waals surface area contributed by atoms with E-state index in [0.717, 1.165) is 15.6 Å². The zero-order valence-electron chi connectivity index (χ0n) is 19.5. The number of amides is 1. The molecular formula is C24H21F3N4O3S3. The van der Waals surface area contributed by atoms with Crippen LogP contribution in [0.2, 0.25) is 0 Å². The van der Waals surface area contributed by atoms with Gasteiger partial charge in [0.25, 0.3) is 0 Å². The van der Waals surface area contributed by atoms with E-state index in [-0.39, 0.29) is 16.9 Å². The molecule has 1 atom stereocenters. The molecular weight excluding hydrogens is 545 g/mol. The second-order valence-corrected chi connectivity index (χ2v) is 11.8. The van der Waals surface area contributed by atoms with Gasteiger partial charge in [-0.25, -0.2) is 18.4 Å². The number of hydrogen-bond donors (Lipinski definition) is 2. The summed E-state index contributed by atoms with van der Waals surface area (Å²) in [5.41, 5.74) is 1.62. The average Bonchev–Trinajstić information content (AvgIpc) is 3.42. The number of anilines is 1. The van der Waals surface area contributed by atoms with Gasteiger partial charge < -0.3 is 5.32 Å². The number of halogens is 3. The molecule has 2 aromatic heterocycles. The van der Waals surface area contributed by atoms with Gasteiger partial charge in [-0.15, -0.1) is 22.7 Å². The third kappa shape index (κ3) is 6.60. The molecule has 0 aliphatic rings. The Labute approximate surface area is 219 Å². The Balaban J connectivity index is 1.47. The van der Waals surface area contributed by atoms with Crippen molar-refractivity contribution in [3.05, 3.63) is 81.8 Å². The minimum Gasteiger partial charge on any atom is -0.302 e. The number of sulfonamides is 1. The van der Waals surface area contributed by atoms with Gasteiger partial charge in [0.2, 0.25) is 15.9 Å². The maximum atomic E-state index is 13.7. The summed E-state index contributed by atoms with van der Waals surface area (Å²) in [6.45, 7) is 3.77. The third-order valence-electron chi connectivity index (χ3n) is 5.19. The van der Waals surface area contributed by atoms with E-state index in [2.05, 4.69) is 15.3 Å². The van der Waals surface area contributed by atoms with Crippen molar-refractivity contribution in [3.63, 3.8) is 0 Å². The first-order valence-electron chi connectivity index (χ1n) is 10.8. The number of rotatable bonds is 8. The molecule has 0 saturated heterocycles. The summed E-state index contributed by atoms with van der Waals surface area (Å²) in [5, 5.41) is 5.75. The molecule has 2 heterocycles. The molecule has 0 radical (unpaired) electrons. The van der Waals surface area contributed by atoms with E-state index in [1.165, 1.54) is 77.3 Å². The van der Waals surface area contributed by atoms with Gasteiger partial charge in [-0.1, -0.05) is 42.5 Å². The Bertz CT molecular complexity index is 1520. The van der Waals surface area contributed by atoms with Gasteiger partial charge in [0.05, 0.1) is 32.6 Å². The fraction of sp³-hybridized carbons (Fsp3) is 0.208. The molecule has 13 heteroatoms. The van der Waals surface area contributed by atoms with E-state index in [9.17, 15) is 26.4 Å². The van der Waals surface area contributed by atoms with Crippen LogP contribution >= 0.6 is 22.7 Å². The number of thiazole rings is 2. The lowest BCUT2D eigenvalue weighted by molar-refractivity contribution is -0.153. The number of aromatic nitrogens is 2. The van der Waals surface area contributed by atoms with Crippen molar-refractivity contribution in [3.8, 4) is 10.6 Å². The Morgan fingerprint density at radius 2 is 1.78 bits per heavy atom. The zero-order chi connectivity index (χ0) is 26.8. The van der Waals surface area contributed by atoms with Crippen LogP contribution in [0.4, 0.5) is 18.3 Å². The second kappa shape index (κ2) is 10.7. The summed E-state index contributed by atoms with van der Waals surface area (Å²) in [4.78, 5) is 21.9. The molecule has 4 aromatic rings. The molecule has 0 saturated carbocycles. The molecule has 0 aliphatic heterocycles. The highest BCUT2D eigenvalue weighted by Gasteiger charge is 2.43. The van der Waals surface area contributed by atoms with Gasteiger partial charge >= 0.3 is 6.18 Å². The summed E-state index contributed by atoms with van der Waals surface area (Å²) in [7, 11) is -4.55. The molecule has 1 amide bonds. The Morgan fingerprint density at radius 1 is 1.05 bits per heavy atom. The summed E-state index contributed by atoms with van der Waals surface area (Å²) >= 11 is 2.74. The molecule has 7 nitrogen and oxygen atoms in total. The maximum absolute atomic E-state index is 13.7. The van der Waals surface area contributed by atoms with Crippen LogP contribution in [0.3, 0.4) is 0 Å². The monoisotopic (exact) mass is 566 g/mol. The molecule has 0 spiro atoms. The predicted octanol–water partition coefficient (Wildman–Crippen LogP) is 5.65. The van der Waals surface area contributed by atoms with E-state index in [1.807, 2.05) is 13.8 Å². The Morgan fingerprint density at radius 3 is 2.43 bits per heavy atom. The van der Waals surface area contributed by atoms with Crippen molar-refractivity contribution in [1.29, 1.82) is 0 Å². The van der Waals surface area contributed by atoms with Crippen molar-refractivity contribution in [2.75, 3.05) is 5.32 Å². The van der Waals surface area contributed by atoms with Crippen molar-refractivity contribution >= 4 is 43.7 Å². The molecule has 37 heavy (non-hydrogen) atoms. The highest BCUT2D eigenvalue weighted by molar-refractivity contribution is 7.89. The fourth-order valence-electron chi connectivity index (χ4n) is 3.57. The first-order valence-corrected chi connectivity index (χ1v) is 14.0. The summed E-state index contributed by atoms with van der Waals surface area (Å²) in [5.74, 6) is -0.446. The predicted molar refractivity (Wildman–Crippen MR) is 137 cm³/mol. The van der Waals surface area contributed by atoms with Crippen LogP contribution < -0.4 is 10.0 Å². The summed E-state index contributed by atoms with van der Waals surface area (Å²) < 4.78 is 68.4. The first-order chi connectivity index (χ1) is 17.4. The number of nitrogens with one attached hydrogen (secondary N) is 2. The lowest BCUT2D eigenvalue weighted by Crippen LogP contribution is -2.38. The molecule has 2 aromatic carbocycles. The van der Waals surface area contributed by atoms with E-state index in [4.69, 9.17) is 0 Å². The summed E-state index contributed by atoms with van der Waals surface area (Å²) in [6, 6.07) is 9.55. The van der Waals surface area contributed by atoms with Gasteiger partial charge in [0.1, 0.15) is 6.04 Å². The summed E-state index contributed by atoms with van der Waals surface area (Å²) in [6.07, 6.45) is -5.05. The smallest absolute Gasteiger partial charge is 0.302 e. The van der Waals surface area contributed by atoms with E-state index < -0.39 is 28.1 Å². The maximum Gasteiger partial charge on any atom is 0.408 e.